The smallest absolute Gasteiger partial charge is 0.222 e. The van der Waals surface area contributed by atoms with Crippen LogP contribution in [-0.4, -0.2) is 30.9 Å². The van der Waals surface area contributed by atoms with Gasteiger partial charge in [-0.1, -0.05) is 28.1 Å². The second kappa shape index (κ2) is 8.65. The molecule has 0 saturated carbocycles. The monoisotopic (exact) mass is 360 g/mol. The van der Waals surface area contributed by atoms with E-state index in [1.807, 2.05) is 24.1 Å². The zero-order valence-electron chi connectivity index (χ0n) is 11.8. The van der Waals surface area contributed by atoms with Crippen molar-refractivity contribution in [2.75, 3.05) is 20.1 Å². The maximum atomic E-state index is 12.2. The third kappa shape index (κ3) is 5.43. The van der Waals surface area contributed by atoms with Gasteiger partial charge < -0.3 is 10.2 Å². The molecular formula is C15H22BrClN2O. The lowest BCUT2D eigenvalue weighted by Gasteiger charge is -2.25. The van der Waals surface area contributed by atoms with Crippen LogP contribution < -0.4 is 5.32 Å². The minimum atomic E-state index is 0. The average molecular weight is 362 g/mol. The van der Waals surface area contributed by atoms with E-state index < -0.39 is 0 Å². The zero-order valence-corrected chi connectivity index (χ0v) is 14.2. The van der Waals surface area contributed by atoms with Crippen LogP contribution in [0, 0.1) is 5.92 Å². The van der Waals surface area contributed by atoms with Gasteiger partial charge in [-0.05, 0) is 49.5 Å². The number of halogens is 2. The van der Waals surface area contributed by atoms with Gasteiger partial charge >= 0.3 is 0 Å². The summed E-state index contributed by atoms with van der Waals surface area (Å²) in [5.41, 5.74) is 1.17. The molecule has 1 N–H and O–H groups in total. The van der Waals surface area contributed by atoms with Gasteiger partial charge in [0.2, 0.25) is 5.91 Å². The molecule has 0 bridgehead atoms. The first kappa shape index (κ1) is 17.5. The molecular weight excluding hydrogens is 340 g/mol. The number of hydrogen-bond acceptors (Lipinski definition) is 2. The molecule has 2 rings (SSSR count). The molecule has 1 fully saturated rings. The highest BCUT2D eigenvalue weighted by atomic mass is 79.9. The highest BCUT2D eigenvalue weighted by Crippen LogP contribution is 2.18. The Bertz CT molecular complexity index is 418. The number of amides is 1. The number of carbonyl (C=O) groups excluding carboxylic acids is 1. The summed E-state index contributed by atoms with van der Waals surface area (Å²) >= 11 is 3.42. The molecule has 112 valence electrons. The van der Waals surface area contributed by atoms with Crippen LogP contribution in [0.1, 0.15) is 24.8 Å². The highest BCUT2D eigenvalue weighted by Gasteiger charge is 2.19. The largest absolute Gasteiger partial charge is 0.341 e. The lowest BCUT2D eigenvalue weighted by Crippen LogP contribution is -2.33. The zero-order chi connectivity index (χ0) is 13.7. The summed E-state index contributed by atoms with van der Waals surface area (Å²) in [6.07, 6.45) is 2.93. The fourth-order valence-corrected chi connectivity index (χ4v) is 2.70. The molecule has 0 aromatic heterocycles. The van der Waals surface area contributed by atoms with Gasteiger partial charge in [-0.2, -0.15) is 0 Å². The molecule has 1 aliphatic rings. The summed E-state index contributed by atoms with van der Waals surface area (Å²) < 4.78 is 1.07. The van der Waals surface area contributed by atoms with E-state index in [0.717, 1.165) is 30.4 Å². The van der Waals surface area contributed by atoms with E-state index in [9.17, 15) is 4.79 Å². The molecule has 0 aliphatic carbocycles. The molecule has 20 heavy (non-hydrogen) atoms. The maximum absolute atomic E-state index is 12.2. The van der Waals surface area contributed by atoms with Crippen molar-refractivity contribution in [2.45, 2.75) is 25.8 Å². The van der Waals surface area contributed by atoms with Crippen molar-refractivity contribution in [3.05, 3.63) is 34.3 Å². The minimum absolute atomic E-state index is 0. The van der Waals surface area contributed by atoms with E-state index in [2.05, 4.69) is 33.4 Å². The predicted molar refractivity (Wildman–Crippen MR) is 88.1 cm³/mol. The van der Waals surface area contributed by atoms with Gasteiger partial charge in [-0.25, -0.2) is 0 Å². The molecule has 1 aromatic carbocycles. The van der Waals surface area contributed by atoms with Crippen molar-refractivity contribution in [3.63, 3.8) is 0 Å². The van der Waals surface area contributed by atoms with Gasteiger partial charge in [0.15, 0.2) is 0 Å². The number of piperidine rings is 1. The molecule has 0 unspecified atom stereocenters. The summed E-state index contributed by atoms with van der Waals surface area (Å²) in [6, 6.07) is 8.14. The maximum Gasteiger partial charge on any atom is 0.222 e. The first-order chi connectivity index (χ1) is 9.15. The van der Waals surface area contributed by atoms with Crippen molar-refractivity contribution in [2.24, 2.45) is 5.92 Å². The number of hydrogen-bond donors (Lipinski definition) is 1. The molecule has 1 heterocycles. The van der Waals surface area contributed by atoms with Crippen molar-refractivity contribution < 1.29 is 4.79 Å². The summed E-state index contributed by atoms with van der Waals surface area (Å²) in [4.78, 5) is 14.0. The van der Waals surface area contributed by atoms with Crippen molar-refractivity contribution in [1.29, 1.82) is 0 Å². The van der Waals surface area contributed by atoms with Gasteiger partial charge in [0.05, 0.1) is 0 Å². The Morgan fingerprint density at radius 1 is 1.30 bits per heavy atom. The molecule has 3 nitrogen and oxygen atoms in total. The van der Waals surface area contributed by atoms with Crippen molar-refractivity contribution in [3.8, 4) is 0 Å². The molecule has 0 spiro atoms. The average Bonchev–Trinajstić information content (AvgIpc) is 2.42. The van der Waals surface area contributed by atoms with Crippen LogP contribution >= 0.6 is 28.3 Å². The Kier molecular flexibility index (Phi) is 7.56. The second-order valence-electron chi connectivity index (χ2n) is 5.27. The van der Waals surface area contributed by atoms with E-state index in [4.69, 9.17) is 0 Å². The minimum Gasteiger partial charge on any atom is -0.341 e. The number of benzene rings is 1. The van der Waals surface area contributed by atoms with Crippen LogP contribution in [-0.2, 0) is 11.3 Å². The number of nitrogens with one attached hydrogen (secondary N) is 1. The lowest BCUT2D eigenvalue weighted by molar-refractivity contribution is -0.131. The Morgan fingerprint density at radius 2 is 1.90 bits per heavy atom. The fourth-order valence-electron chi connectivity index (χ4n) is 2.44. The standard InChI is InChI=1S/C15H21BrN2O.ClH/c1-18(11-13-2-4-14(16)5-3-13)15(19)10-12-6-8-17-9-7-12;/h2-5,12,17H,6-11H2,1H3;1H. The van der Waals surface area contributed by atoms with Crippen molar-refractivity contribution in [1.82, 2.24) is 10.2 Å². The van der Waals surface area contributed by atoms with Gasteiger partial charge in [0, 0.05) is 24.5 Å². The van der Waals surface area contributed by atoms with Crippen LogP contribution in [0.25, 0.3) is 0 Å². The summed E-state index contributed by atoms with van der Waals surface area (Å²) in [5.74, 6) is 0.816. The number of rotatable bonds is 4. The Balaban J connectivity index is 0.00000200. The van der Waals surface area contributed by atoms with E-state index in [1.54, 1.807) is 0 Å². The molecule has 0 atom stereocenters. The van der Waals surface area contributed by atoms with Crippen LogP contribution in [0.15, 0.2) is 28.7 Å². The summed E-state index contributed by atoms with van der Waals surface area (Å²) in [5, 5.41) is 3.33. The van der Waals surface area contributed by atoms with Gasteiger partial charge in [-0.3, -0.25) is 4.79 Å². The van der Waals surface area contributed by atoms with E-state index in [-0.39, 0.29) is 18.3 Å². The first-order valence-electron chi connectivity index (χ1n) is 6.84. The van der Waals surface area contributed by atoms with Crippen LogP contribution in [0.4, 0.5) is 0 Å². The summed E-state index contributed by atoms with van der Waals surface area (Å²) in [6.45, 7) is 2.79. The molecule has 0 radical (unpaired) electrons. The summed E-state index contributed by atoms with van der Waals surface area (Å²) in [7, 11) is 1.89. The number of nitrogens with zero attached hydrogens (tertiary/aromatic N) is 1. The highest BCUT2D eigenvalue weighted by molar-refractivity contribution is 9.10. The molecule has 5 heteroatoms. The van der Waals surface area contributed by atoms with Gasteiger partial charge in [0.25, 0.3) is 0 Å². The van der Waals surface area contributed by atoms with Crippen molar-refractivity contribution >= 4 is 34.2 Å². The Morgan fingerprint density at radius 3 is 2.50 bits per heavy atom. The normalized spacial score (nSPS) is 15.5. The molecule has 1 aromatic rings. The SMILES string of the molecule is CN(Cc1ccc(Br)cc1)C(=O)CC1CCNCC1.Cl. The molecule has 1 saturated heterocycles. The van der Waals surface area contributed by atoms with E-state index in [1.165, 1.54) is 5.56 Å². The fraction of sp³-hybridized carbons (Fsp3) is 0.533. The van der Waals surface area contributed by atoms with Crippen LogP contribution in [0.2, 0.25) is 0 Å². The van der Waals surface area contributed by atoms with Gasteiger partial charge in [0.1, 0.15) is 0 Å². The third-order valence-corrected chi connectivity index (χ3v) is 4.21. The predicted octanol–water partition coefficient (Wildman–Crippen LogP) is 3.22. The lowest BCUT2D eigenvalue weighted by atomic mass is 9.94. The van der Waals surface area contributed by atoms with E-state index in [0.29, 0.717) is 18.9 Å². The molecule has 1 aliphatic heterocycles. The van der Waals surface area contributed by atoms with Crippen LogP contribution in [0.3, 0.4) is 0 Å². The van der Waals surface area contributed by atoms with E-state index >= 15 is 0 Å². The quantitative estimate of drug-likeness (QED) is 0.893. The van der Waals surface area contributed by atoms with Gasteiger partial charge in [-0.15, -0.1) is 12.4 Å². The third-order valence-electron chi connectivity index (χ3n) is 3.68. The topological polar surface area (TPSA) is 32.3 Å². The molecule has 1 amide bonds. The van der Waals surface area contributed by atoms with Crippen LogP contribution in [0.5, 0.6) is 0 Å². The Labute approximate surface area is 135 Å². The number of carbonyl (C=O) groups is 1. The first-order valence-corrected chi connectivity index (χ1v) is 7.63. The Hall–Kier alpha value is -0.580. The second-order valence-corrected chi connectivity index (χ2v) is 6.19.